The van der Waals surface area contributed by atoms with E-state index in [0.29, 0.717) is 33.9 Å². The normalized spacial score (nSPS) is 11.6. The van der Waals surface area contributed by atoms with Gasteiger partial charge in [0.15, 0.2) is 11.5 Å². The third-order valence-corrected chi connectivity index (χ3v) is 6.30. The zero-order valence-electron chi connectivity index (χ0n) is 21.6. The third-order valence-electron chi connectivity index (χ3n) is 6.30. The van der Waals surface area contributed by atoms with Crippen LogP contribution in [0.2, 0.25) is 0 Å². The predicted octanol–water partition coefficient (Wildman–Crippen LogP) is 4.37. The zero-order valence-corrected chi connectivity index (χ0v) is 21.6. The number of carbonyl (C=O) groups excluding carboxylic acids is 1. The van der Waals surface area contributed by atoms with Crippen LogP contribution in [0, 0.1) is 0 Å². The minimum Gasteiger partial charge on any atom is -0.507 e. The van der Waals surface area contributed by atoms with Crippen LogP contribution in [0.25, 0.3) is 11.0 Å². The monoisotopic (exact) mass is 519 g/mol. The van der Waals surface area contributed by atoms with Gasteiger partial charge in [-0.2, -0.15) is 0 Å². The van der Waals surface area contributed by atoms with Crippen LogP contribution in [0.3, 0.4) is 0 Å². The van der Waals surface area contributed by atoms with E-state index in [1.807, 2.05) is 12.1 Å². The lowest BCUT2D eigenvalue weighted by atomic mass is 9.87. The summed E-state index contributed by atoms with van der Waals surface area (Å²) in [5.74, 6) is 0.271. The fourth-order valence-electron chi connectivity index (χ4n) is 4.35. The maximum atomic E-state index is 13.2. The molecule has 1 aromatic heterocycles. The Morgan fingerprint density at radius 2 is 1.58 bits per heavy atom. The van der Waals surface area contributed by atoms with E-state index in [1.54, 1.807) is 55.6 Å². The number of aromatic hydroxyl groups is 1. The molecule has 0 saturated carbocycles. The fraction of sp³-hybridized carbons (Fsp3) is 0.241. The summed E-state index contributed by atoms with van der Waals surface area (Å²) in [4.78, 5) is 26.3. The van der Waals surface area contributed by atoms with Crippen LogP contribution < -0.4 is 29.9 Å². The van der Waals surface area contributed by atoms with E-state index in [0.717, 1.165) is 5.56 Å². The van der Waals surface area contributed by atoms with Crippen LogP contribution in [0.15, 0.2) is 69.9 Å². The molecule has 9 heteroatoms. The van der Waals surface area contributed by atoms with Gasteiger partial charge in [0.2, 0.25) is 11.7 Å². The molecule has 0 spiro atoms. The van der Waals surface area contributed by atoms with Gasteiger partial charge in [0, 0.05) is 18.9 Å². The van der Waals surface area contributed by atoms with Gasteiger partial charge in [-0.25, -0.2) is 4.79 Å². The average molecular weight is 520 g/mol. The van der Waals surface area contributed by atoms with Crippen molar-refractivity contribution < 1.29 is 33.3 Å². The summed E-state index contributed by atoms with van der Waals surface area (Å²) in [5.41, 5.74) is 0.820. The fourth-order valence-corrected chi connectivity index (χ4v) is 4.35. The highest BCUT2D eigenvalue weighted by molar-refractivity contribution is 5.85. The SMILES string of the molecule is COc1ccc(CNC(=O)CC(c2cc(OC)c(OC)c(OC)c2)c2c(O)c3ccccc3oc2=O)cc1. The van der Waals surface area contributed by atoms with Crippen molar-refractivity contribution in [2.24, 2.45) is 0 Å². The molecule has 4 aromatic rings. The van der Waals surface area contributed by atoms with Crippen molar-refractivity contribution in [2.45, 2.75) is 18.9 Å². The maximum absolute atomic E-state index is 13.2. The second-order valence-corrected chi connectivity index (χ2v) is 8.49. The molecule has 198 valence electrons. The number of benzene rings is 3. The Hall–Kier alpha value is -4.66. The van der Waals surface area contributed by atoms with Crippen LogP contribution in [0.4, 0.5) is 0 Å². The average Bonchev–Trinajstić information content (AvgIpc) is 2.94. The molecule has 9 nitrogen and oxygen atoms in total. The minimum absolute atomic E-state index is 0.0439. The minimum atomic E-state index is -0.888. The molecule has 38 heavy (non-hydrogen) atoms. The summed E-state index contributed by atoms with van der Waals surface area (Å²) in [6, 6.07) is 17.3. The molecular weight excluding hydrogens is 490 g/mol. The van der Waals surface area contributed by atoms with Crippen molar-refractivity contribution in [3.8, 4) is 28.7 Å². The van der Waals surface area contributed by atoms with Gasteiger partial charge in [-0.1, -0.05) is 24.3 Å². The van der Waals surface area contributed by atoms with Gasteiger partial charge in [-0.3, -0.25) is 4.79 Å². The van der Waals surface area contributed by atoms with Crippen molar-refractivity contribution >= 4 is 16.9 Å². The third kappa shape index (κ3) is 5.36. The van der Waals surface area contributed by atoms with Gasteiger partial charge in [-0.05, 0) is 47.5 Å². The summed E-state index contributed by atoms with van der Waals surface area (Å²) >= 11 is 0. The van der Waals surface area contributed by atoms with Crippen LogP contribution >= 0.6 is 0 Å². The standard InChI is InChI=1S/C29H29NO8/c1-34-19-11-9-17(10-12-19)16-30-25(31)15-21(18-13-23(35-2)28(37-4)24(14-18)36-3)26-27(32)20-7-5-6-8-22(20)38-29(26)33/h5-14,21,32H,15-16H2,1-4H3,(H,30,31). The molecule has 1 atom stereocenters. The Bertz CT molecular complexity index is 1470. The first-order chi connectivity index (χ1) is 18.4. The van der Waals surface area contributed by atoms with Crippen LogP contribution in [-0.2, 0) is 11.3 Å². The Balaban J connectivity index is 1.76. The molecule has 0 radical (unpaired) electrons. The Labute approximate surface area is 219 Å². The summed E-state index contributed by atoms with van der Waals surface area (Å²) in [6.07, 6.45) is -0.161. The quantitative estimate of drug-likeness (QED) is 0.297. The maximum Gasteiger partial charge on any atom is 0.343 e. The van der Waals surface area contributed by atoms with Gasteiger partial charge in [-0.15, -0.1) is 0 Å². The first-order valence-electron chi connectivity index (χ1n) is 11.8. The van der Waals surface area contributed by atoms with E-state index < -0.39 is 11.5 Å². The lowest BCUT2D eigenvalue weighted by Gasteiger charge is -2.21. The molecule has 0 aliphatic heterocycles. The lowest BCUT2D eigenvalue weighted by Crippen LogP contribution is -2.26. The molecule has 0 aliphatic carbocycles. The highest BCUT2D eigenvalue weighted by Crippen LogP contribution is 2.43. The smallest absolute Gasteiger partial charge is 0.343 e. The van der Waals surface area contributed by atoms with Gasteiger partial charge in [0.05, 0.1) is 39.4 Å². The summed E-state index contributed by atoms with van der Waals surface area (Å²) in [7, 11) is 6.01. The number of fused-ring (bicyclic) bond motifs is 1. The summed E-state index contributed by atoms with van der Waals surface area (Å²) < 4.78 is 27.1. The zero-order chi connectivity index (χ0) is 27.2. The Morgan fingerprint density at radius 1 is 0.921 bits per heavy atom. The Kier molecular flexibility index (Phi) is 8.06. The van der Waals surface area contributed by atoms with E-state index in [-0.39, 0.29) is 35.8 Å². The number of carbonyl (C=O) groups is 1. The van der Waals surface area contributed by atoms with Crippen molar-refractivity contribution in [2.75, 3.05) is 28.4 Å². The predicted molar refractivity (Wildman–Crippen MR) is 142 cm³/mol. The highest BCUT2D eigenvalue weighted by atomic mass is 16.5. The molecule has 4 rings (SSSR count). The molecule has 0 aliphatic rings. The first kappa shape index (κ1) is 26.4. The van der Waals surface area contributed by atoms with Crippen LogP contribution in [-0.4, -0.2) is 39.5 Å². The van der Waals surface area contributed by atoms with Crippen LogP contribution in [0.5, 0.6) is 28.7 Å². The van der Waals surface area contributed by atoms with Gasteiger partial charge >= 0.3 is 5.63 Å². The number of hydrogen-bond donors (Lipinski definition) is 2. The second kappa shape index (κ2) is 11.6. The van der Waals surface area contributed by atoms with E-state index in [1.165, 1.54) is 21.3 Å². The summed E-state index contributed by atoms with van der Waals surface area (Å²) in [5, 5.41) is 14.4. The van der Waals surface area contributed by atoms with Gasteiger partial charge in [0.25, 0.3) is 0 Å². The van der Waals surface area contributed by atoms with E-state index >= 15 is 0 Å². The van der Waals surface area contributed by atoms with E-state index in [4.69, 9.17) is 23.4 Å². The van der Waals surface area contributed by atoms with E-state index in [2.05, 4.69) is 5.32 Å². The molecule has 0 saturated heterocycles. The van der Waals surface area contributed by atoms with Crippen molar-refractivity contribution in [1.29, 1.82) is 0 Å². The topological polar surface area (TPSA) is 116 Å². The molecule has 2 N–H and O–H groups in total. The number of rotatable bonds is 10. The van der Waals surface area contributed by atoms with E-state index in [9.17, 15) is 14.7 Å². The molecule has 1 heterocycles. The molecule has 3 aromatic carbocycles. The van der Waals surface area contributed by atoms with Crippen molar-refractivity contribution in [3.63, 3.8) is 0 Å². The van der Waals surface area contributed by atoms with Gasteiger partial charge in [0.1, 0.15) is 17.1 Å². The highest BCUT2D eigenvalue weighted by Gasteiger charge is 2.29. The summed E-state index contributed by atoms with van der Waals surface area (Å²) in [6.45, 7) is 0.267. The van der Waals surface area contributed by atoms with Crippen molar-refractivity contribution in [3.05, 3.63) is 87.8 Å². The molecule has 1 amide bonds. The number of para-hydroxylation sites is 1. The Morgan fingerprint density at radius 3 is 2.18 bits per heavy atom. The first-order valence-corrected chi connectivity index (χ1v) is 11.8. The lowest BCUT2D eigenvalue weighted by molar-refractivity contribution is -0.121. The molecular formula is C29H29NO8. The molecule has 1 unspecified atom stereocenters. The second-order valence-electron chi connectivity index (χ2n) is 8.49. The number of nitrogens with one attached hydrogen (secondary N) is 1. The van der Waals surface area contributed by atoms with Crippen LogP contribution in [0.1, 0.15) is 29.0 Å². The number of ether oxygens (including phenoxy) is 4. The molecule has 0 fully saturated rings. The molecule has 0 bridgehead atoms. The number of methoxy groups -OCH3 is 4. The number of amides is 1. The number of hydrogen-bond acceptors (Lipinski definition) is 8. The largest absolute Gasteiger partial charge is 0.507 e. The van der Waals surface area contributed by atoms with Crippen molar-refractivity contribution in [1.82, 2.24) is 5.32 Å². The van der Waals surface area contributed by atoms with Gasteiger partial charge < -0.3 is 33.8 Å².